The summed E-state index contributed by atoms with van der Waals surface area (Å²) in [6.07, 6.45) is 10.3. The Morgan fingerprint density at radius 2 is 2.28 bits per heavy atom. The van der Waals surface area contributed by atoms with Gasteiger partial charge in [0.2, 0.25) is 0 Å². The number of carbonyl (C=O) groups excluding carboxylic acids is 2. The highest BCUT2D eigenvalue weighted by Crippen LogP contribution is 2.45. The van der Waals surface area contributed by atoms with Gasteiger partial charge in [-0.25, -0.2) is 0 Å². The highest BCUT2D eigenvalue weighted by atomic mass is 16.5. The number of ketones is 1. The van der Waals surface area contributed by atoms with Crippen molar-refractivity contribution >= 4 is 11.8 Å². The molecule has 1 saturated carbocycles. The molecular formula is C15H22O3. The van der Waals surface area contributed by atoms with Crippen LogP contribution in [0.15, 0.2) is 12.2 Å². The molecule has 0 saturated heterocycles. The molecule has 0 N–H and O–H groups in total. The lowest BCUT2D eigenvalue weighted by Gasteiger charge is -2.39. The van der Waals surface area contributed by atoms with Crippen molar-refractivity contribution in [2.45, 2.75) is 51.9 Å². The molecule has 0 spiro atoms. The van der Waals surface area contributed by atoms with Crippen molar-refractivity contribution in [3.05, 3.63) is 12.2 Å². The second kappa shape index (κ2) is 5.68. The van der Waals surface area contributed by atoms with Gasteiger partial charge >= 0.3 is 5.97 Å². The van der Waals surface area contributed by atoms with Gasteiger partial charge < -0.3 is 4.74 Å². The van der Waals surface area contributed by atoms with Crippen LogP contribution in [-0.2, 0) is 14.3 Å². The summed E-state index contributed by atoms with van der Waals surface area (Å²) in [5, 5.41) is 0. The normalized spacial score (nSPS) is 32.3. The van der Waals surface area contributed by atoms with Crippen LogP contribution in [0.1, 0.15) is 51.9 Å². The van der Waals surface area contributed by atoms with E-state index >= 15 is 0 Å². The third-order valence-electron chi connectivity index (χ3n) is 4.25. The van der Waals surface area contributed by atoms with E-state index in [-0.39, 0.29) is 17.7 Å². The zero-order chi connectivity index (χ0) is 13.0. The molecule has 0 aromatic rings. The van der Waals surface area contributed by atoms with Crippen LogP contribution in [0.2, 0.25) is 0 Å². The lowest BCUT2D eigenvalue weighted by atomic mass is 9.62. The van der Waals surface area contributed by atoms with Crippen molar-refractivity contribution in [1.29, 1.82) is 0 Å². The van der Waals surface area contributed by atoms with Crippen LogP contribution in [0.5, 0.6) is 0 Å². The van der Waals surface area contributed by atoms with E-state index in [4.69, 9.17) is 4.74 Å². The molecule has 2 rings (SSSR count). The van der Waals surface area contributed by atoms with Crippen molar-refractivity contribution < 1.29 is 14.3 Å². The Kier molecular flexibility index (Phi) is 4.20. The lowest BCUT2D eigenvalue weighted by molar-refractivity contribution is -0.165. The van der Waals surface area contributed by atoms with Gasteiger partial charge in [0.15, 0.2) is 5.78 Å². The smallest absolute Gasteiger partial charge is 0.320 e. The number of rotatable bonds is 3. The van der Waals surface area contributed by atoms with Crippen molar-refractivity contribution in [2.75, 3.05) is 6.61 Å². The first-order valence-corrected chi connectivity index (χ1v) is 7.09. The lowest BCUT2D eigenvalue weighted by Crippen LogP contribution is -2.48. The standard InChI is InChI=1S/C15H22O3/c1-2-18-14(17)15(11-7-6-10-13(15)16)12-8-4-3-5-9-12/h4,8,12H,2-3,5-7,9-11H2,1H3. The summed E-state index contributed by atoms with van der Waals surface area (Å²) in [6, 6.07) is 0. The van der Waals surface area contributed by atoms with Gasteiger partial charge in [0.25, 0.3) is 0 Å². The van der Waals surface area contributed by atoms with E-state index in [1.165, 1.54) is 0 Å². The fourth-order valence-corrected chi connectivity index (χ4v) is 3.29. The molecule has 0 aliphatic heterocycles. The topological polar surface area (TPSA) is 43.4 Å². The van der Waals surface area contributed by atoms with E-state index in [0.717, 1.165) is 32.1 Å². The molecule has 18 heavy (non-hydrogen) atoms. The van der Waals surface area contributed by atoms with Crippen molar-refractivity contribution in [1.82, 2.24) is 0 Å². The van der Waals surface area contributed by atoms with Crippen LogP contribution < -0.4 is 0 Å². The fourth-order valence-electron chi connectivity index (χ4n) is 3.29. The quantitative estimate of drug-likeness (QED) is 0.439. The van der Waals surface area contributed by atoms with Crippen LogP contribution in [0.3, 0.4) is 0 Å². The summed E-state index contributed by atoms with van der Waals surface area (Å²) in [7, 11) is 0. The van der Waals surface area contributed by atoms with Gasteiger partial charge in [0.1, 0.15) is 5.41 Å². The molecule has 0 radical (unpaired) electrons. The summed E-state index contributed by atoms with van der Waals surface area (Å²) >= 11 is 0. The van der Waals surface area contributed by atoms with Crippen LogP contribution in [0.25, 0.3) is 0 Å². The summed E-state index contributed by atoms with van der Waals surface area (Å²) in [4.78, 5) is 24.7. The number of hydrogen-bond donors (Lipinski definition) is 0. The van der Waals surface area contributed by atoms with Crippen LogP contribution in [0.4, 0.5) is 0 Å². The van der Waals surface area contributed by atoms with Crippen molar-refractivity contribution in [3.8, 4) is 0 Å². The molecule has 2 unspecified atom stereocenters. The first-order valence-electron chi connectivity index (χ1n) is 7.09. The Bertz CT molecular complexity index is 359. The number of carbonyl (C=O) groups is 2. The Balaban J connectivity index is 2.31. The molecule has 0 heterocycles. The second-order valence-electron chi connectivity index (χ2n) is 5.29. The van der Waals surface area contributed by atoms with E-state index in [0.29, 0.717) is 19.4 Å². The minimum Gasteiger partial charge on any atom is -0.465 e. The Morgan fingerprint density at radius 3 is 2.89 bits per heavy atom. The maximum absolute atomic E-state index is 12.4. The maximum Gasteiger partial charge on any atom is 0.320 e. The number of allylic oxidation sites excluding steroid dienone is 2. The molecule has 2 aliphatic carbocycles. The number of hydrogen-bond acceptors (Lipinski definition) is 3. The molecule has 3 nitrogen and oxygen atoms in total. The van der Waals surface area contributed by atoms with Gasteiger partial charge in [-0.2, -0.15) is 0 Å². The van der Waals surface area contributed by atoms with E-state index < -0.39 is 5.41 Å². The third-order valence-corrected chi connectivity index (χ3v) is 4.25. The Labute approximate surface area is 109 Å². The average Bonchev–Trinajstić information content (AvgIpc) is 2.41. The molecule has 1 fully saturated rings. The SMILES string of the molecule is CCOC(=O)C1(C2C=CCCC2)CCCCC1=O. The van der Waals surface area contributed by atoms with E-state index in [1.54, 1.807) is 6.92 Å². The average molecular weight is 250 g/mol. The van der Waals surface area contributed by atoms with Gasteiger partial charge in [-0.1, -0.05) is 18.6 Å². The van der Waals surface area contributed by atoms with Crippen LogP contribution in [0, 0.1) is 11.3 Å². The molecular weight excluding hydrogens is 228 g/mol. The van der Waals surface area contributed by atoms with Gasteiger partial charge in [-0.3, -0.25) is 9.59 Å². The highest BCUT2D eigenvalue weighted by Gasteiger charge is 2.52. The Hall–Kier alpha value is -1.12. The van der Waals surface area contributed by atoms with Gasteiger partial charge in [-0.05, 0) is 44.9 Å². The number of ether oxygens (including phenoxy) is 1. The third kappa shape index (κ3) is 2.23. The van der Waals surface area contributed by atoms with Crippen LogP contribution in [-0.4, -0.2) is 18.4 Å². The zero-order valence-corrected chi connectivity index (χ0v) is 11.1. The largest absolute Gasteiger partial charge is 0.465 e. The van der Waals surface area contributed by atoms with Gasteiger partial charge in [0, 0.05) is 6.42 Å². The Morgan fingerprint density at radius 1 is 1.44 bits per heavy atom. The molecule has 3 heteroatoms. The molecule has 0 amide bonds. The minimum atomic E-state index is -0.870. The van der Waals surface area contributed by atoms with Gasteiger partial charge in [0.05, 0.1) is 6.61 Å². The van der Waals surface area contributed by atoms with E-state index in [2.05, 4.69) is 12.2 Å². The monoisotopic (exact) mass is 250 g/mol. The van der Waals surface area contributed by atoms with Gasteiger partial charge in [-0.15, -0.1) is 0 Å². The van der Waals surface area contributed by atoms with Crippen molar-refractivity contribution in [3.63, 3.8) is 0 Å². The summed E-state index contributed by atoms with van der Waals surface area (Å²) < 4.78 is 5.21. The molecule has 0 aromatic heterocycles. The van der Waals surface area contributed by atoms with E-state index in [1.807, 2.05) is 0 Å². The van der Waals surface area contributed by atoms with Crippen molar-refractivity contribution in [2.24, 2.45) is 11.3 Å². The zero-order valence-electron chi connectivity index (χ0n) is 11.1. The molecule has 0 bridgehead atoms. The highest BCUT2D eigenvalue weighted by molar-refractivity contribution is 6.04. The molecule has 2 aliphatic rings. The summed E-state index contributed by atoms with van der Waals surface area (Å²) in [6.45, 7) is 2.15. The molecule has 0 aromatic carbocycles. The predicted octanol–water partition coefficient (Wildman–Crippen LogP) is 3.04. The maximum atomic E-state index is 12.4. The van der Waals surface area contributed by atoms with Crippen LogP contribution >= 0.6 is 0 Å². The summed E-state index contributed by atoms with van der Waals surface area (Å²) in [5.41, 5.74) is -0.870. The first-order chi connectivity index (χ1) is 8.71. The fraction of sp³-hybridized carbons (Fsp3) is 0.733. The molecule has 100 valence electrons. The summed E-state index contributed by atoms with van der Waals surface area (Å²) in [5.74, 6) is -0.131. The second-order valence-corrected chi connectivity index (χ2v) is 5.29. The number of Topliss-reactive ketones (excluding diaryl/α,β-unsaturated/α-hetero) is 1. The molecule has 2 atom stereocenters. The minimum absolute atomic E-state index is 0.0538. The predicted molar refractivity (Wildman–Crippen MR) is 69.0 cm³/mol. The first kappa shape index (κ1) is 13.3. The van der Waals surface area contributed by atoms with E-state index in [9.17, 15) is 9.59 Å². The number of esters is 1.